The minimum atomic E-state index is -2.69. The Morgan fingerprint density at radius 1 is 1.06 bits per heavy atom. The molecular weight excluding hydrogens is 472 g/mol. The number of fused-ring (bicyclic) bond motifs is 3. The summed E-state index contributed by atoms with van der Waals surface area (Å²) < 4.78 is 10.3. The number of Topliss-reactive ketones (excluding diaryl/α,β-unsaturated/α-hetero) is 2. The Balaban J connectivity index is 1.91. The van der Waals surface area contributed by atoms with Gasteiger partial charge in [0.05, 0.1) is 5.56 Å². The molecule has 3 atom stereocenters. The van der Waals surface area contributed by atoms with E-state index in [9.17, 15) is 34.2 Å². The van der Waals surface area contributed by atoms with E-state index in [1.165, 1.54) is 13.0 Å². The molecule has 3 aliphatic carbocycles. The van der Waals surface area contributed by atoms with Gasteiger partial charge in [-0.2, -0.15) is 0 Å². The number of anilines is 1. The first-order chi connectivity index (χ1) is 16.8. The number of rotatable bonds is 4. The van der Waals surface area contributed by atoms with Crippen LogP contribution in [-0.4, -0.2) is 59.3 Å². The van der Waals surface area contributed by atoms with Crippen molar-refractivity contribution in [3.8, 4) is 5.75 Å². The average Bonchev–Trinajstić information content (AvgIpc) is 2.75. The molecule has 1 aromatic rings. The summed E-state index contributed by atoms with van der Waals surface area (Å²) in [5.74, 6) is -7.44. The summed E-state index contributed by atoms with van der Waals surface area (Å²) in [5, 5.41) is 22.8. The molecule has 1 aromatic carbocycles. The Morgan fingerprint density at radius 3 is 2.25 bits per heavy atom. The van der Waals surface area contributed by atoms with Gasteiger partial charge in [-0.15, -0.1) is 0 Å². The van der Waals surface area contributed by atoms with Gasteiger partial charge in [0.15, 0.2) is 5.60 Å². The number of carbonyl (C=O) groups is 5. The van der Waals surface area contributed by atoms with Crippen molar-refractivity contribution in [1.82, 2.24) is 0 Å². The molecule has 11 heteroatoms. The van der Waals surface area contributed by atoms with Crippen molar-refractivity contribution < 1.29 is 43.7 Å². The number of ketones is 2. The lowest BCUT2D eigenvalue weighted by atomic mass is 9.58. The van der Waals surface area contributed by atoms with Crippen molar-refractivity contribution in [3.63, 3.8) is 0 Å². The molecule has 3 aliphatic rings. The van der Waals surface area contributed by atoms with Crippen LogP contribution in [0.1, 0.15) is 37.8 Å². The van der Waals surface area contributed by atoms with E-state index in [2.05, 4.69) is 0 Å². The first kappa shape index (κ1) is 25.1. The number of primary amides is 1. The summed E-state index contributed by atoms with van der Waals surface area (Å²) in [5.41, 5.74) is 3.15. The number of ether oxygens (including phenoxy) is 2. The Kier molecular flexibility index (Phi) is 5.99. The largest absolute Gasteiger partial charge is 0.507 e. The van der Waals surface area contributed by atoms with E-state index in [4.69, 9.17) is 15.2 Å². The fraction of sp³-hybridized carbons (Fsp3) is 0.400. The number of hydrogen-bond donors (Lipinski definition) is 3. The minimum absolute atomic E-state index is 0.0262. The maximum Gasteiger partial charge on any atom is 0.308 e. The molecule has 0 aliphatic heterocycles. The lowest BCUT2D eigenvalue weighted by molar-refractivity contribution is -0.159. The SMILES string of the molecule is CC(=O)OC1=C(C(N)=O)C(=O)[C@@]2(O)C(=O)C3=C(O)c4c(OC(C)=O)ccc(N(C)C)c4C[C@H]3C[C@H]2C1. The number of benzene rings is 1. The van der Waals surface area contributed by atoms with E-state index in [-0.39, 0.29) is 41.9 Å². The van der Waals surface area contributed by atoms with E-state index in [0.29, 0.717) is 5.56 Å². The van der Waals surface area contributed by atoms with Gasteiger partial charge in [0.25, 0.3) is 5.91 Å². The van der Waals surface area contributed by atoms with E-state index in [1.54, 1.807) is 25.1 Å². The molecule has 0 radical (unpaired) electrons. The standard InChI is InChI=1S/C25H26N2O9/c1-10(28)35-16-6-5-15(27(3)4)14-8-12-7-13-9-17(36-11(2)29)20(24(26)33)23(32)25(13,34)22(31)18(12)21(30)19(14)16/h5-6,12-13,30,34H,7-9H2,1-4H3,(H2,26,33)/t12-,13+,25+/m1/s1. The normalized spacial score (nSPS) is 25.0. The smallest absolute Gasteiger partial charge is 0.308 e. The quantitative estimate of drug-likeness (QED) is 0.232. The van der Waals surface area contributed by atoms with Crippen LogP contribution in [-0.2, 0) is 35.1 Å². The fourth-order valence-electron chi connectivity index (χ4n) is 5.49. The van der Waals surface area contributed by atoms with Crippen LogP contribution in [0.3, 0.4) is 0 Å². The minimum Gasteiger partial charge on any atom is -0.507 e. The molecule has 4 N–H and O–H groups in total. The van der Waals surface area contributed by atoms with E-state index in [0.717, 1.165) is 12.6 Å². The lowest BCUT2D eigenvalue weighted by Crippen LogP contribution is -2.61. The molecule has 0 unspecified atom stereocenters. The highest BCUT2D eigenvalue weighted by Gasteiger charge is 2.62. The zero-order valence-electron chi connectivity index (χ0n) is 20.2. The first-order valence-corrected chi connectivity index (χ1v) is 11.3. The van der Waals surface area contributed by atoms with Gasteiger partial charge in [0.2, 0.25) is 11.6 Å². The van der Waals surface area contributed by atoms with Crippen molar-refractivity contribution >= 4 is 40.9 Å². The predicted octanol–water partition coefficient (Wildman–Crippen LogP) is 0.715. The van der Waals surface area contributed by atoms with E-state index in [1.807, 2.05) is 0 Å². The summed E-state index contributed by atoms with van der Waals surface area (Å²) in [4.78, 5) is 64.1. The summed E-state index contributed by atoms with van der Waals surface area (Å²) in [6.45, 7) is 2.28. The van der Waals surface area contributed by atoms with Gasteiger partial charge in [0, 0.05) is 51.5 Å². The van der Waals surface area contributed by atoms with Crippen molar-refractivity contribution in [2.45, 2.75) is 38.7 Å². The van der Waals surface area contributed by atoms with E-state index >= 15 is 0 Å². The molecular formula is C25H26N2O9. The van der Waals surface area contributed by atoms with Gasteiger partial charge in [-0.25, -0.2) is 0 Å². The van der Waals surface area contributed by atoms with Crippen LogP contribution >= 0.6 is 0 Å². The number of aliphatic hydroxyl groups excluding tert-OH is 1. The number of esters is 2. The highest BCUT2D eigenvalue weighted by molar-refractivity contribution is 6.32. The zero-order chi connectivity index (χ0) is 26.7. The molecule has 1 saturated carbocycles. The third-order valence-corrected chi connectivity index (χ3v) is 6.88. The molecule has 1 fully saturated rings. The molecule has 0 bridgehead atoms. The van der Waals surface area contributed by atoms with Gasteiger partial charge in [0.1, 0.15) is 22.8 Å². The predicted molar refractivity (Wildman–Crippen MR) is 124 cm³/mol. The van der Waals surface area contributed by atoms with Gasteiger partial charge in [-0.3, -0.25) is 24.0 Å². The van der Waals surface area contributed by atoms with Gasteiger partial charge < -0.3 is 30.3 Å². The second kappa shape index (κ2) is 8.59. The summed E-state index contributed by atoms with van der Waals surface area (Å²) in [7, 11) is 3.59. The summed E-state index contributed by atoms with van der Waals surface area (Å²) >= 11 is 0. The highest BCUT2D eigenvalue weighted by atomic mass is 16.5. The number of amides is 1. The average molecular weight is 498 g/mol. The molecule has 0 aromatic heterocycles. The van der Waals surface area contributed by atoms with Crippen LogP contribution in [0.15, 0.2) is 29.0 Å². The van der Waals surface area contributed by atoms with Crippen LogP contribution in [0.2, 0.25) is 0 Å². The van der Waals surface area contributed by atoms with Crippen molar-refractivity contribution in [2.75, 3.05) is 19.0 Å². The van der Waals surface area contributed by atoms with Crippen LogP contribution in [0, 0.1) is 11.8 Å². The maximum absolute atomic E-state index is 13.7. The molecule has 11 nitrogen and oxygen atoms in total. The van der Waals surface area contributed by atoms with Crippen LogP contribution < -0.4 is 15.4 Å². The molecule has 4 rings (SSSR count). The van der Waals surface area contributed by atoms with Crippen molar-refractivity contribution in [1.29, 1.82) is 0 Å². The first-order valence-electron chi connectivity index (χ1n) is 11.3. The summed E-state index contributed by atoms with van der Waals surface area (Å²) in [6.07, 6.45) is 0.0463. The topological polar surface area (TPSA) is 174 Å². The third-order valence-electron chi connectivity index (χ3n) is 6.88. The van der Waals surface area contributed by atoms with Gasteiger partial charge in [-0.05, 0) is 36.5 Å². The molecule has 190 valence electrons. The molecule has 0 heterocycles. The van der Waals surface area contributed by atoms with Crippen molar-refractivity contribution in [2.24, 2.45) is 17.6 Å². The Bertz CT molecular complexity index is 1310. The van der Waals surface area contributed by atoms with Crippen LogP contribution in [0.25, 0.3) is 5.76 Å². The number of aliphatic hydroxyl groups is 2. The fourth-order valence-corrected chi connectivity index (χ4v) is 5.49. The third kappa shape index (κ3) is 3.67. The van der Waals surface area contributed by atoms with Crippen molar-refractivity contribution in [3.05, 3.63) is 40.2 Å². The second-order valence-corrected chi connectivity index (χ2v) is 9.41. The number of hydrogen-bond acceptors (Lipinski definition) is 10. The Morgan fingerprint density at radius 2 is 1.69 bits per heavy atom. The molecule has 1 amide bonds. The second-order valence-electron chi connectivity index (χ2n) is 9.41. The van der Waals surface area contributed by atoms with Gasteiger partial charge >= 0.3 is 11.9 Å². The highest BCUT2D eigenvalue weighted by Crippen LogP contribution is 2.52. The lowest BCUT2D eigenvalue weighted by Gasteiger charge is -2.46. The number of nitrogens with two attached hydrogens (primary N) is 1. The van der Waals surface area contributed by atoms with Crippen LogP contribution in [0.5, 0.6) is 5.75 Å². The van der Waals surface area contributed by atoms with Crippen LogP contribution in [0.4, 0.5) is 5.69 Å². The molecule has 36 heavy (non-hydrogen) atoms. The zero-order valence-corrected chi connectivity index (χ0v) is 20.2. The molecule has 0 saturated heterocycles. The van der Waals surface area contributed by atoms with Gasteiger partial charge in [-0.1, -0.05) is 0 Å². The number of carbonyl (C=O) groups excluding carboxylic acids is 5. The maximum atomic E-state index is 13.7. The summed E-state index contributed by atoms with van der Waals surface area (Å²) in [6, 6.07) is 3.21. The Hall–Kier alpha value is -3.99. The van der Waals surface area contributed by atoms with E-state index < -0.39 is 58.2 Å². The Labute approximate surface area is 206 Å². The number of allylic oxidation sites excluding steroid dienone is 1. The number of nitrogens with zero attached hydrogens (tertiary/aromatic N) is 1. The monoisotopic (exact) mass is 498 g/mol. The molecule has 0 spiro atoms.